The fraction of sp³-hybridized carbons (Fsp3) is 0.389. The van der Waals surface area contributed by atoms with E-state index in [1.165, 1.54) is 0 Å². The molecule has 1 aromatic heterocycles. The molecule has 0 spiro atoms. The second kappa shape index (κ2) is 7.38. The molecule has 3 rings (SSSR count). The number of carbonyl (C=O) groups is 2. The van der Waals surface area contributed by atoms with E-state index in [1.807, 2.05) is 44.2 Å². The molecule has 3 N–H and O–H groups in total. The minimum absolute atomic E-state index is 0.0790. The van der Waals surface area contributed by atoms with E-state index in [2.05, 4.69) is 20.8 Å². The fourth-order valence-electron chi connectivity index (χ4n) is 2.98. The van der Waals surface area contributed by atoms with Crippen molar-refractivity contribution in [2.24, 2.45) is 5.92 Å². The van der Waals surface area contributed by atoms with Crippen molar-refractivity contribution in [3.05, 3.63) is 36.5 Å². The van der Waals surface area contributed by atoms with Gasteiger partial charge < -0.3 is 15.5 Å². The van der Waals surface area contributed by atoms with Crippen molar-refractivity contribution in [3.63, 3.8) is 0 Å². The highest BCUT2D eigenvalue weighted by molar-refractivity contribution is 5.94. The SMILES string of the molecule is CC(C)C[C@@H]1C(=O)NCCN1C(=O)Nc1ccc(-c2ccn[nH]2)cc1. The Morgan fingerprint density at radius 2 is 2.08 bits per heavy atom. The Hall–Kier alpha value is -2.83. The topological polar surface area (TPSA) is 90.1 Å². The van der Waals surface area contributed by atoms with Gasteiger partial charge in [-0.15, -0.1) is 0 Å². The van der Waals surface area contributed by atoms with Gasteiger partial charge in [-0.1, -0.05) is 26.0 Å². The molecule has 1 aliphatic heterocycles. The molecule has 7 nitrogen and oxygen atoms in total. The molecule has 0 saturated carbocycles. The van der Waals surface area contributed by atoms with Gasteiger partial charge in [0.25, 0.3) is 0 Å². The van der Waals surface area contributed by atoms with Gasteiger partial charge in [0.05, 0.1) is 5.69 Å². The summed E-state index contributed by atoms with van der Waals surface area (Å²) in [5.74, 6) is 0.252. The Kier molecular flexibility index (Phi) is 5.02. The summed E-state index contributed by atoms with van der Waals surface area (Å²) < 4.78 is 0. The first-order valence-electron chi connectivity index (χ1n) is 8.49. The highest BCUT2D eigenvalue weighted by atomic mass is 16.2. The van der Waals surface area contributed by atoms with Crippen LogP contribution in [0.25, 0.3) is 11.3 Å². The highest BCUT2D eigenvalue weighted by Gasteiger charge is 2.33. The number of urea groups is 1. The second-order valence-corrected chi connectivity index (χ2v) is 6.61. The lowest BCUT2D eigenvalue weighted by Gasteiger charge is -2.35. The van der Waals surface area contributed by atoms with Gasteiger partial charge in [-0.3, -0.25) is 9.89 Å². The van der Waals surface area contributed by atoms with Gasteiger partial charge >= 0.3 is 6.03 Å². The van der Waals surface area contributed by atoms with E-state index >= 15 is 0 Å². The normalized spacial score (nSPS) is 17.5. The van der Waals surface area contributed by atoms with Crippen LogP contribution in [0.15, 0.2) is 36.5 Å². The number of nitrogens with one attached hydrogen (secondary N) is 3. The lowest BCUT2D eigenvalue weighted by atomic mass is 10.0. The lowest BCUT2D eigenvalue weighted by Crippen LogP contribution is -2.58. The molecule has 1 saturated heterocycles. The number of amides is 3. The van der Waals surface area contributed by atoms with Crippen molar-refractivity contribution in [1.29, 1.82) is 0 Å². The molecule has 7 heteroatoms. The standard InChI is InChI=1S/C18H23N5O2/c1-12(2)11-16-17(24)19-9-10-23(16)18(25)21-14-5-3-13(4-6-14)15-7-8-20-22-15/h3-8,12,16H,9-11H2,1-2H3,(H,19,24)(H,20,22)(H,21,25)/t16-/m1/s1. The molecular weight excluding hydrogens is 318 g/mol. The predicted octanol–water partition coefficient (Wildman–Crippen LogP) is 2.46. The van der Waals surface area contributed by atoms with Crippen LogP contribution in [0.1, 0.15) is 20.3 Å². The first kappa shape index (κ1) is 17.0. The van der Waals surface area contributed by atoms with Gasteiger partial charge in [-0.05, 0) is 36.1 Å². The summed E-state index contributed by atoms with van der Waals surface area (Å²) in [5, 5.41) is 12.6. The number of anilines is 1. The molecule has 2 aromatic rings. The molecule has 1 aromatic carbocycles. The summed E-state index contributed by atoms with van der Waals surface area (Å²) in [7, 11) is 0. The maximum Gasteiger partial charge on any atom is 0.322 e. The van der Waals surface area contributed by atoms with E-state index in [-0.39, 0.29) is 11.9 Å². The zero-order chi connectivity index (χ0) is 17.8. The van der Waals surface area contributed by atoms with Crippen molar-refractivity contribution in [2.45, 2.75) is 26.3 Å². The third-order valence-corrected chi connectivity index (χ3v) is 4.23. The number of nitrogens with zero attached hydrogens (tertiary/aromatic N) is 2. The smallest absolute Gasteiger partial charge is 0.322 e. The molecule has 25 heavy (non-hydrogen) atoms. The summed E-state index contributed by atoms with van der Waals surface area (Å²) in [5.41, 5.74) is 2.61. The number of H-pyrrole nitrogens is 1. The maximum atomic E-state index is 12.6. The van der Waals surface area contributed by atoms with Gasteiger partial charge in [-0.2, -0.15) is 5.10 Å². The van der Waals surface area contributed by atoms with E-state index in [9.17, 15) is 9.59 Å². The quantitative estimate of drug-likeness (QED) is 0.798. The molecule has 3 amide bonds. The molecule has 0 bridgehead atoms. The van der Waals surface area contributed by atoms with Crippen LogP contribution in [-0.2, 0) is 4.79 Å². The number of aromatic nitrogens is 2. The molecule has 132 valence electrons. The molecule has 0 aliphatic carbocycles. The van der Waals surface area contributed by atoms with E-state index in [4.69, 9.17) is 0 Å². The Labute approximate surface area is 146 Å². The number of aromatic amines is 1. The van der Waals surface area contributed by atoms with Crippen LogP contribution in [0, 0.1) is 5.92 Å². The predicted molar refractivity (Wildman–Crippen MR) is 96.0 cm³/mol. The first-order chi connectivity index (χ1) is 12.0. The van der Waals surface area contributed by atoms with Crippen LogP contribution in [0.4, 0.5) is 10.5 Å². The van der Waals surface area contributed by atoms with Crippen molar-refractivity contribution < 1.29 is 9.59 Å². The molecular formula is C18H23N5O2. The van der Waals surface area contributed by atoms with Gasteiger partial charge in [0.15, 0.2) is 0 Å². The van der Waals surface area contributed by atoms with Gasteiger partial charge in [0.1, 0.15) is 6.04 Å². The molecule has 0 radical (unpaired) electrons. The van der Waals surface area contributed by atoms with Crippen LogP contribution >= 0.6 is 0 Å². The van der Waals surface area contributed by atoms with Crippen LogP contribution in [-0.4, -0.2) is 46.2 Å². The van der Waals surface area contributed by atoms with Crippen LogP contribution in [0.3, 0.4) is 0 Å². The monoisotopic (exact) mass is 341 g/mol. The van der Waals surface area contributed by atoms with Gasteiger partial charge in [0, 0.05) is 25.0 Å². The molecule has 0 unspecified atom stereocenters. The summed E-state index contributed by atoms with van der Waals surface area (Å²) >= 11 is 0. The van der Waals surface area contributed by atoms with E-state index in [0.717, 1.165) is 11.3 Å². The van der Waals surface area contributed by atoms with E-state index in [0.29, 0.717) is 31.1 Å². The summed E-state index contributed by atoms with van der Waals surface area (Å²) in [6.45, 7) is 5.10. The third-order valence-electron chi connectivity index (χ3n) is 4.23. The van der Waals surface area contributed by atoms with Gasteiger partial charge in [-0.25, -0.2) is 4.79 Å². The number of piperazine rings is 1. The second-order valence-electron chi connectivity index (χ2n) is 6.61. The van der Waals surface area contributed by atoms with Crippen molar-refractivity contribution >= 4 is 17.6 Å². The number of rotatable bonds is 4. The molecule has 1 fully saturated rings. The van der Waals surface area contributed by atoms with E-state index in [1.54, 1.807) is 11.1 Å². The Balaban J connectivity index is 1.69. The Morgan fingerprint density at radius 1 is 1.32 bits per heavy atom. The van der Waals surface area contributed by atoms with Crippen molar-refractivity contribution in [1.82, 2.24) is 20.4 Å². The maximum absolute atomic E-state index is 12.6. The van der Waals surface area contributed by atoms with Crippen LogP contribution in [0.2, 0.25) is 0 Å². The largest absolute Gasteiger partial charge is 0.353 e. The van der Waals surface area contributed by atoms with Crippen LogP contribution in [0.5, 0.6) is 0 Å². The number of benzene rings is 1. The lowest BCUT2D eigenvalue weighted by molar-refractivity contribution is -0.128. The Morgan fingerprint density at radius 3 is 2.72 bits per heavy atom. The van der Waals surface area contributed by atoms with Crippen molar-refractivity contribution in [3.8, 4) is 11.3 Å². The van der Waals surface area contributed by atoms with E-state index < -0.39 is 6.04 Å². The van der Waals surface area contributed by atoms with Crippen molar-refractivity contribution in [2.75, 3.05) is 18.4 Å². The zero-order valence-corrected chi connectivity index (χ0v) is 14.5. The number of hydrogen-bond acceptors (Lipinski definition) is 3. The highest BCUT2D eigenvalue weighted by Crippen LogP contribution is 2.20. The average molecular weight is 341 g/mol. The Bertz CT molecular complexity index is 724. The van der Waals surface area contributed by atoms with Crippen LogP contribution < -0.4 is 10.6 Å². The molecule has 1 atom stereocenters. The third kappa shape index (κ3) is 3.99. The minimum atomic E-state index is -0.419. The minimum Gasteiger partial charge on any atom is -0.353 e. The summed E-state index contributed by atoms with van der Waals surface area (Å²) in [6, 6.07) is 8.74. The molecule has 2 heterocycles. The molecule has 1 aliphatic rings. The first-order valence-corrected chi connectivity index (χ1v) is 8.49. The summed E-state index contributed by atoms with van der Waals surface area (Å²) in [6.07, 6.45) is 2.35. The summed E-state index contributed by atoms with van der Waals surface area (Å²) in [4.78, 5) is 26.4. The average Bonchev–Trinajstić information content (AvgIpc) is 3.11. The van der Waals surface area contributed by atoms with Gasteiger partial charge in [0.2, 0.25) is 5.91 Å². The fourth-order valence-corrected chi connectivity index (χ4v) is 2.98. The number of carbonyl (C=O) groups excluding carboxylic acids is 2. The number of hydrogen-bond donors (Lipinski definition) is 3. The zero-order valence-electron chi connectivity index (χ0n) is 14.5.